The Morgan fingerprint density at radius 2 is 1.93 bits per heavy atom. The van der Waals surface area contributed by atoms with Crippen LogP contribution < -0.4 is 15.0 Å². The van der Waals surface area contributed by atoms with E-state index in [1.54, 1.807) is 36.2 Å². The van der Waals surface area contributed by atoms with Gasteiger partial charge >= 0.3 is 6.01 Å². The molecule has 0 bridgehead atoms. The average Bonchev–Trinajstić information content (AvgIpc) is 3.69. The molecule has 3 aliphatic rings. The summed E-state index contributed by atoms with van der Waals surface area (Å²) < 4.78 is 52.0. The van der Waals surface area contributed by atoms with E-state index in [1.165, 1.54) is 12.3 Å². The molecular weight excluding hydrogens is 553 g/mol. The minimum absolute atomic E-state index is 0.0000529. The van der Waals surface area contributed by atoms with Crippen molar-refractivity contribution in [3.63, 3.8) is 0 Å². The Bertz CT molecular complexity index is 1640. The van der Waals surface area contributed by atoms with E-state index >= 15 is 4.39 Å². The molecule has 0 spiro atoms. The first kappa shape index (κ1) is 26.7. The van der Waals surface area contributed by atoms with E-state index in [4.69, 9.17) is 16.3 Å². The van der Waals surface area contributed by atoms with Crippen LogP contribution in [0.2, 0.25) is 5.02 Å². The summed E-state index contributed by atoms with van der Waals surface area (Å²) in [5.41, 5.74) is 0.267. The maximum Gasteiger partial charge on any atom is 0.319 e. The Balaban J connectivity index is 1.36. The molecule has 3 fully saturated rings. The Morgan fingerprint density at radius 3 is 2.68 bits per heavy atom. The molecule has 41 heavy (non-hydrogen) atoms. The van der Waals surface area contributed by atoms with Crippen LogP contribution in [0.15, 0.2) is 36.5 Å². The van der Waals surface area contributed by atoms with Gasteiger partial charge in [-0.05, 0) is 50.2 Å². The lowest BCUT2D eigenvalue weighted by Gasteiger charge is -2.31. The lowest BCUT2D eigenvalue weighted by Crippen LogP contribution is -2.43. The number of hydrogen-bond donors (Lipinski definition) is 1. The number of fused-ring (bicyclic) bond motifs is 3. The number of nitrogens with one attached hydrogen (secondary N) is 1. The van der Waals surface area contributed by atoms with Gasteiger partial charge in [-0.15, -0.1) is 0 Å². The predicted octanol–water partition coefficient (Wildman–Crippen LogP) is 5.53. The van der Waals surface area contributed by atoms with E-state index in [-0.39, 0.29) is 34.3 Å². The molecule has 7 rings (SSSR count). The average molecular weight is 583 g/mol. The molecule has 0 unspecified atom stereocenters. The maximum absolute atomic E-state index is 16.5. The van der Waals surface area contributed by atoms with Crippen LogP contribution in [0.4, 0.5) is 19.0 Å². The number of pyridine rings is 1. The van der Waals surface area contributed by atoms with Crippen molar-refractivity contribution in [2.24, 2.45) is 0 Å². The van der Waals surface area contributed by atoms with Gasteiger partial charge in [-0.2, -0.15) is 9.97 Å². The summed E-state index contributed by atoms with van der Waals surface area (Å²) in [6.07, 6.45) is 4.65. The molecule has 2 aromatic carbocycles. The van der Waals surface area contributed by atoms with Crippen molar-refractivity contribution < 1.29 is 17.9 Å². The van der Waals surface area contributed by atoms with Crippen molar-refractivity contribution in [2.45, 2.75) is 43.4 Å². The molecule has 1 N–H and O–H groups in total. The van der Waals surface area contributed by atoms with Crippen LogP contribution in [-0.4, -0.2) is 77.4 Å². The van der Waals surface area contributed by atoms with Crippen molar-refractivity contribution in [2.75, 3.05) is 44.7 Å². The lowest BCUT2D eigenvalue weighted by molar-refractivity contribution is 0.108. The second kappa shape index (κ2) is 10.3. The Hall–Kier alpha value is -3.21. The first-order valence-electron chi connectivity index (χ1n) is 14.1. The van der Waals surface area contributed by atoms with Gasteiger partial charge in [-0.25, -0.2) is 13.2 Å². The molecule has 2 aromatic heterocycles. The number of alkyl halides is 1. The molecule has 3 aliphatic heterocycles. The van der Waals surface area contributed by atoms with E-state index < -0.39 is 23.8 Å². The number of ether oxygens (including phenoxy) is 1. The van der Waals surface area contributed by atoms with Crippen LogP contribution in [0, 0.1) is 11.6 Å². The topological polar surface area (TPSA) is 66.4 Å². The van der Waals surface area contributed by atoms with Gasteiger partial charge in [0.25, 0.3) is 0 Å². The zero-order valence-electron chi connectivity index (χ0n) is 22.6. The second-order valence-electron chi connectivity index (χ2n) is 11.3. The number of benzene rings is 2. The summed E-state index contributed by atoms with van der Waals surface area (Å²) in [4.78, 5) is 17.8. The molecule has 5 heterocycles. The number of nitrogens with zero attached hydrogens (tertiary/aromatic N) is 5. The van der Waals surface area contributed by atoms with Gasteiger partial charge in [-0.1, -0.05) is 35.9 Å². The third-order valence-corrected chi connectivity index (χ3v) is 9.43. The Morgan fingerprint density at radius 1 is 1.12 bits per heavy atom. The summed E-state index contributed by atoms with van der Waals surface area (Å²) in [6.45, 7) is 3.14. The third kappa shape index (κ3) is 4.38. The highest BCUT2D eigenvalue weighted by molar-refractivity contribution is 6.36. The van der Waals surface area contributed by atoms with Gasteiger partial charge in [-0.3, -0.25) is 9.88 Å². The first-order chi connectivity index (χ1) is 19.9. The molecule has 3 saturated heterocycles. The van der Waals surface area contributed by atoms with Crippen molar-refractivity contribution in [3.05, 3.63) is 53.2 Å². The number of rotatable bonds is 6. The van der Waals surface area contributed by atoms with Gasteiger partial charge in [0.2, 0.25) is 0 Å². The predicted molar refractivity (Wildman–Crippen MR) is 153 cm³/mol. The smallest absolute Gasteiger partial charge is 0.319 e. The largest absolute Gasteiger partial charge is 0.461 e. The summed E-state index contributed by atoms with van der Waals surface area (Å²) >= 11 is 6.35. The summed E-state index contributed by atoms with van der Waals surface area (Å²) in [5, 5.41) is 4.31. The molecule has 4 aromatic rings. The Kier molecular flexibility index (Phi) is 6.67. The third-order valence-electron chi connectivity index (χ3n) is 9.06. The minimum atomic E-state index is -1.12. The van der Waals surface area contributed by atoms with E-state index in [0.717, 1.165) is 38.8 Å². The van der Waals surface area contributed by atoms with Crippen molar-refractivity contribution in [1.82, 2.24) is 25.2 Å². The van der Waals surface area contributed by atoms with Gasteiger partial charge in [0, 0.05) is 37.3 Å². The van der Waals surface area contributed by atoms with Crippen molar-refractivity contribution in [1.29, 1.82) is 0 Å². The maximum atomic E-state index is 16.5. The lowest BCUT2D eigenvalue weighted by atomic mass is 9.95. The van der Waals surface area contributed by atoms with Crippen molar-refractivity contribution in [3.8, 4) is 17.3 Å². The van der Waals surface area contributed by atoms with Crippen LogP contribution in [0.3, 0.4) is 0 Å². The molecule has 11 heteroatoms. The minimum Gasteiger partial charge on any atom is -0.461 e. The molecule has 2 atom stereocenters. The number of likely N-dealkylation sites (N-methyl/N-ethyl adjacent to an activating group) is 1. The SMILES string of the molecule is CN(c1nc(OCC23CCCN2CCC3)nc2c(F)c(-c3cccc4ccc(F)c(Cl)c34)ncc12)[C@@H]1CNC[C@H]1F. The summed E-state index contributed by atoms with van der Waals surface area (Å²) in [5.74, 6) is -0.971. The summed E-state index contributed by atoms with van der Waals surface area (Å²) in [7, 11) is 1.74. The number of anilines is 1. The molecule has 0 amide bonds. The zero-order valence-corrected chi connectivity index (χ0v) is 23.4. The monoisotopic (exact) mass is 582 g/mol. The van der Waals surface area contributed by atoms with Crippen LogP contribution in [0.5, 0.6) is 6.01 Å². The van der Waals surface area contributed by atoms with E-state index in [1.807, 2.05) is 0 Å². The molecule has 214 valence electrons. The van der Waals surface area contributed by atoms with Crippen LogP contribution in [0.1, 0.15) is 25.7 Å². The normalized spacial score (nSPS) is 22.1. The van der Waals surface area contributed by atoms with Gasteiger partial charge in [0.05, 0.1) is 22.0 Å². The quantitative estimate of drug-likeness (QED) is 0.321. The first-order valence-corrected chi connectivity index (χ1v) is 14.4. The Labute approximate surface area is 240 Å². The molecule has 7 nitrogen and oxygen atoms in total. The van der Waals surface area contributed by atoms with Gasteiger partial charge in [0.1, 0.15) is 35.6 Å². The number of halogens is 4. The van der Waals surface area contributed by atoms with E-state index in [2.05, 4.69) is 25.2 Å². The zero-order chi connectivity index (χ0) is 28.3. The molecule has 0 saturated carbocycles. The van der Waals surface area contributed by atoms with E-state index in [0.29, 0.717) is 40.7 Å². The van der Waals surface area contributed by atoms with Crippen LogP contribution in [-0.2, 0) is 0 Å². The molecular formula is C30H30ClF3N6O. The van der Waals surface area contributed by atoms with Crippen LogP contribution >= 0.6 is 11.6 Å². The molecule has 0 aliphatic carbocycles. The van der Waals surface area contributed by atoms with Gasteiger partial charge in [0.15, 0.2) is 5.82 Å². The molecule has 0 radical (unpaired) electrons. The van der Waals surface area contributed by atoms with Gasteiger partial charge < -0.3 is 15.0 Å². The van der Waals surface area contributed by atoms with Crippen molar-refractivity contribution >= 4 is 39.1 Å². The summed E-state index contributed by atoms with van der Waals surface area (Å²) in [6, 6.07) is 7.59. The fraction of sp³-hybridized carbons (Fsp3) is 0.433. The van der Waals surface area contributed by atoms with E-state index in [9.17, 15) is 8.78 Å². The highest BCUT2D eigenvalue weighted by atomic mass is 35.5. The highest BCUT2D eigenvalue weighted by Crippen LogP contribution is 2.41. The number of aromatic nitrogens is 3. The fourth-order valence-corrected chi connectivity index (χ4v) is 7.15. The number of hydrogen-bond acceptors (Lipinski definition) is 7. The van der Waals surface area contributed by atoms with Crippen LogP contribution in [0.25, 0.3) is 32.9 Å². The fourth-order valence-electron chi connectivity index (χ4n) is 6.88. The second-order valence-corrected chi connectivity index (χ2v) is 11.7. The standard InChI is InChI=1S/C30H30ClF3N6O/c1-39(22-15-35-14-21(22)33)28-19-13-36-26(18-6-2-5-17-7-8-20(32)24(31)23(17)18)25(34)27(19)37-29(38-28)41-16-30-9-3-11-40(30)12-4-10-30/h2,5-8,13,21-22,35H,3-4,9-12,14-16H2,1H3/t21-,22-/m1/s1. The highest BCUT2D eigenvalue weighted by Gasteiger charge is 2.45.